The third kappa shape index (κ3) is 3.78. The predicted molar refractivity (Wildman–Crippen MR) is 75.8 cm³/mol. The van der Waals surface area contributed by atoms with Gasteiger partial charge in [0.25, 0.3) is 0 Å². The van der Waals surface area contributed by atoms with Gasteiger partial charge in [0.05, 0.1) is 5.60 Å². The summed E-state index contributed by atoms with van der Waals surface area (Å²) in [6.45, 7) is 5.27. The summed E-state index contributed by atoms with van der Waals surface area (Å²) in [5.41, 5.74) is -0.553. The minimum atomic E-state index is -0.553. The number of nitrogens with zero attached hydrogens (tertiary/aromatic N) is 3. The topological polar surface area (TPSA) is 50.9 Å². The van der Waals surface area contributed by atoms with Gasteiger partial charge in [0.2, 0.25) is 0 Å². The molecular weight excluding hydrogens is 238 g/mol. The quantitative estimate of drug-likeness (QED) is 0.860. The molecule has 1 aromatic heterocycles. The SMILES string of the molecule is CCCC1CCC(O)(Cc2ncnn2CCC)CC1. The Morgan fingerprint density at radius 3 is 2.68 bits per heavy atom. The Labute approximate surface area is 116 Å². The molecule has 1 saturated carbocycles. The zero-order chi connectivity index (χ0) is 13.7. The second-order valence-corrected chi connectivity index (χ2v) is 6.03. The maximum Gasteiger partial charge on any atom is 0.138 e. The Hall–Kier alpha value is -0.900. The smallest absolute Gasteiger partial charge is 0.138 e. The summed E-state index contributed by atoms with van der Waals surface area (Å²) in [5.74, 6) is 1.76. The van der Waals surface area contributed by atoms with E-state index in [1.165, 1.54) is 12.8 Å². The van der Waals surface area contributed by atoms with E-state index >= 15 is 0 Å². The van der Waals surface area contributed by atoms with Gasteiger partial charge in [-0.15, -0.1) is 0 Å². The summed E-state index contributed by atoms with van der Waals surface area (Å²) in [6.07, 6.45) is 10.0. The van der Waals surface area contributed by atoms with Gasteiger partial charge in [-0.1, -0.05) is 26.7 Å². The molecule has 4 heteroatoms. The molecule has 1 fully saturated rings. The van der Waals surface area contributed by atoms with Crippen LogP contribution in [0.15, 0.2) is 6.33 Å². The summed E-state index contributed by atoms with van der Waals surface area (Å²) in [6, 6.07) is 0. The van der Waals surface area contributed by atoms with Gasteiger partial charge in [-0.05, 0) is 38.0 Å². The van der Waals surface area contributed by atoms with E-state index in [0.717, 1.165) is 50.4 Å². The third-order valence-electron chi connectivity index (χ3n) is 4.35. The molecule has 0 amide bonds. The lowest BCUT2D eigenvalue weighted by atomic mass is 9.75. The first-order valence-electron chi connectivity index (χ1n) is 7.76. The number of hydrogen-bond acceptors (Lipinski definition) is 3. The van der Waals surface area contributed by atoms with Crippen molar-refractivity contribution < 1.29 is 5.11 Å². The zero-order valence-electron chi connectivity index (χ0n) is 12.3. The Morgan fingerprint density at radius 1 is 1.32 bits per heavy atom. The average molecular weight is 265 g/mol. The van der Waals surface area contributed by atoms with Crippen molar-refractivity contribution in [1.82, 2.24) is 14.8 Å². The van der Waals surface area contributed by atoms with Crippen LogP contribution in [0.4, 0.5) is 0 Å². The molecule has 1 N–H and O–H groups in total. The van der Waals surface area contributed by atoms with Crippen molar-refractivity contribution in [3.63, 3.8) is 0 Å². The van der Waals surface area contributed by atoms with E-state index in [1.54, 1.807) is 6.33 Å². The van der Waals surface area contributed by atoms with Crippen LogP contribution in [0.25, 0.3) is 0 Å². The van der Waals surface area contributed by atoms with E-state index in [1.807, 2.05) is 4.68 Å². The highest BCUT2D eigenvalue weighted by Gasteiger charge is 2.34. The zero-order valence-corrected chi connectivity index (χ0v) is 12.3. The van der Waals surface area contributed by atoms with Crippen LogP contribution in [0.2, 0.25) is 0 Å². The molecule has 0 unspecified atom stereocenters. The summed E-state index contributed by atoms with van der Waals surface area (Å²) in [5, 5.41) is 15.0. The fraction of sp³-hybridized carbons (Fsp3) is 0.867. The van der Waals surface area contributed by atoms with Crippen LogP contribution >= 0.6 is 0 Å². The van der Waals surface area contributed by atoms with Crippen molar-refractivity contribution >= 4 is 0 Å². The van der Waals surface area contributed by atoms with Gasteiger partial charge in [0.15, 0.2) is 0 Å². The van der Waals surface area contributed by atoms with Crippen LogP contribution in [-0.2, 0) is 13.0 Å². The van der Waals surface area contributed by atoms with Gasteiger partial charge in [-0.2, -0.15) is 5.10 Å². The fourth-order valence-corrected chi connectivity index (χ4v) is 3.21. The normalized spacial score (nSPS) is 27.6. The number of rotatable bonds is 6. The first kappa shape index (κ1) is 14.5. The van der Waals surface area contributed by atoms with Crippen molar-refractivity contribution in [3.05, 3.63) is 12.2 Å². The number of aromatic nitrogens is 3. The van der Waals surface area contributed by atoms with Crippen molar-refractivity contribution in [1.29, 1.82) is 0 Å². The Bertz CT molecular complexity index is 380. The highest BCUT2D eigenvalue weighted by Crippen LogP contribution is 2.36. The molecule has 19 heavy (non-hydrogen) atoms. The van der Waals surface area contributed by atoms with E-state index < -0.39 is 5.60 Å². The molecule has 0 aliphatic heterocycles. The van der Waals surface area contributed by atoms with Crippen LogP contribution in [-0.4, -0.2) is 25.5 Å². The van der Waals surface area contributed by atoms with Crippen molar-refractivity contribution in [2.24, 2.45) is 5.92 Å². The molecule has 0 spiro atoms. The van der Waals surface area contributed by atoms with E-state index in [9.17, 15) is 5.11 Å². The molecule has 0 atom stereocenters. The molecule has 0 saturated heterocycles. The molecule has 108 valence electrons. The molecule has 2 rings (SSSR count). The summed E-state index contributed by atoms with van der Waals surface area (Å²) < 4.78 is 1.94. The van der Waals surface area contributed by atoms with Crippen molar-refractivity contribution in [2.45, 2.75) is 77.4 Å². The molecule has 0 bridgehead atoms. The second-order valence-electron chi connectivity index (χ2n) is 6.03. The molecular formula is C15H27N3O. The van der Waals surface area contributed by atoms with Gasteiger partial charge in [-0.3, -0.25) is 4.68 Å². The van der Waals surface area contributed by atoms with Gasteiger partial charge in [0.1, 0.15) is 12.2 Å². The minimum Gasteiger partial charge on any atom is -0.389 e. The average Bonchev–Trinajstić information content (AvgIpc) is 2.80. The van der Waals surface area contributed by atoms with Crippen molar-refractivity contribution in [2.75, 3.05) is 0 Å². The minimum absolute atomic E-state index is 0.553. The summed E-state index contributed by atoms with van der Waals surface area (Å²) >= 11 is 0. The van der Waals surface area contributed by atoms with Gasteiger partial charge in [0, 0.05) is 13.0 Å². The van der Waals surface area contributed by atoms with Gasteiger partial charge < -0.3 is 5.11 Å². The maximum atomic E-state index is 10.7. The van der Waals surface area contributed by atoms with E-state index in [0.29, 0.717) is 6.42 Å². The molecule has 4 nitrogen and oxygen atoms in total. The lowest BCUT2D eigenvalue weighted by molar-refractivity contribution is -0.0122. The highest BCUT2D eigenvalue weighted by molar-refractivity contribution is 4.97. The molecule has 1 aromatic rings. The second kappa shape index (κ2) is 6.51. The Balaban J connectivity index is 1.93. The lowest BCUT2D eigenvalue weighted by Gasteiger charge is -2.35. The van der Waals surface area contributed by atoms with E-state index in [4.69, 9.17) is 0 Å². The van der Waals surface area contributed by atoms with E-state index in [2.05, 4.69) is 23.9 Å². The monoisotopic (exact) mass is 265 g/mol. The number of hydrogen-bond donors (Lipinski definition) is 1. The largest absolute Gasteiger partial charge is 0.389 e. The fourth-order valence-electron chi connectivity index (χ4n) is 3.21. The Kier molecular flexibility index (Phi) is 4.97. The molecule has 1 aliphatic rings. The molecule has 0 aromatic carbocycles. The molecule has 1 heterocycles. The van der Waals surface area contributed by atoms with Crippen LogP contribution in [0.5, 0.6) is 0 Å². The lowest BCUT2D eigenvalue weighted by Crippen LogP contribution is -2.37. The Morgan fingerprint density at radius 2 is 2.05 bits per heavy atom. The first-order valence-corrected chi connectivity index (χ1v) is 7.76. The predicted octanol–water partition coefficient (Wildman–Crippen LogP) is 2.95. The van der Waals surface area contributed by atoms with Gasteiger partial charge >= 0.3 is 0 Å². The highest BCUT2D eigenvalue weighted by atomic mass is 16.3. The third-order valence-corrected chi connectivity index (χ3v) is 4.35. The molecule has 1 aliphatic carbocycles. The van der Waals surface area contributed by atoms with E-state index in [-0.39, 0.29) is 0 Å². The van der Waals surface area contributed by atoms with Crippen LogP contribution < -0.4 is 0 Å². The first-order chi connectivity index (χ1) is 9.17. The van der Waals surface area contributed by atoms with Crippen LogP contribution in [0.3, 0.4) is 0 Å². The van der Waals surface area contributed by atoms with Gasteiger partial charge in [-0.25, -0.2) is 4.98 Å². The molecule has 0 radical (unpaired) electrons. The summed E-state index contributed by atoms with van der Waals surface area (Å²) in [7, 11) is 0. The van der Waals surface area contributed by atoms with Crippen LogP contribution in [0.1, 0.15) is 64.6 Å². The van der Waals surface area contributed by atoms with Crippen LogP contribution in [0, 0.1) is 5.92 Å². The van der Waals surface area contributed by atoms with Crippen molar-refractivity contribution in [3.8, 4) is 0 Å². The standard InChI is InChI=1S/C15H27N3O/c1-3-5-13-6-8-15(19,9-7-13)11-14-16-12-17-18(14)10-4-2/h12-13,19H,3-11H2,1-2H3. The summed E-state index contributed by atoms with van der Waals surface area (Å²) in [4.78, 5) is 4.32. The number of aliphatic hydroxyl groups is 1. The maximum absolute atomic E-state index is 10.7. The number of aryl methyl sites for hydroxylation is 1.